The van der Waals surface area contributed by atoms with E-state index in [1.54, 1.807) is 6.92 Å². The standard InChI is InChI=1S/C12H21BrN2O2/c1-5-15-10(11(13)9(3)14-15)7-12(4,16)8-17-6-2/h16H,5-8H2,1-4H3. The van der Waals surface area contributed by atoms with E-state index in [0.29, 0.717) is 19.6 Å². The Morgan fingerprint density at radius 1 is 1.47 bits per heavy atom. The maximum Gasteiger partial charge on any atom is 0.0907 e. The number of ether oxygens (including phenoxy) is 1. The number of hydrogen-bond acceptors (Lipinski definition) is 3. The maximum absolute atomic E-state index is 10.3. The molecule has 0 saturated heterocycles. The molecule has 0 bridgehead atoms. The molecule has 0 aromatic carbocycles. The van der Waals surface area contributed by atoms with E-state index in [1.165, 1.54) is 0 Å². The van der Waals surface area contributed by atoms with Crippen LogP contribution in [-0.2, 0) is 17.7 Å². The molecule has 1 heterocycles. The van der Waals surface area contributed by atoms with Gasteiger partial charge in [-0.25, -0.2) is 0 Å². The van der Waals surface area contributed by atoms with Crippen LogP contribution in [0.5, 0.6) is 0 Å². The maximum atomic E-state index is 10.3. The van der Waals surface area contributed by atoms with Crippen LogP contribution >= 0.6 is 15.9 Å². The monoisotopic (exact) mass is 304 g/mol. The minimum Gasteiger partial charge on any atom is -0.387 e. The fraction of sp³-hybridized carbons (Fsp3) is 0.750. The van der Waals surface area contributed by atoms with Gasteiger partial charge < -0.3 is 9.84 Å². The van der Waals surface area contributed by atoms with Crippen molar-refractivity contribution in [3.05, 3.63) is 15.9 Å². The summed E-state index contributed by atoms with van der Waals surface area (Å²) < 4.78 is 8.19. The van der Waals surface area contributed by atoms with E-state index < -0.39 is 5.60 Å². The normalized spacial score (nSPS) is 14.9. The first-order valence-corrected chi connectivity index (χ1v) is 6.72. The highest BCUT2D eigenvalue weighted by atomic mass is 79.9. The predicted octanol–water partition coefficient (Wildman–Crippen LogP) is 2.30. The highest BCUT2D eigenvalue weighted by Gasteiger charge is 2.25. The van der Waals surface area contributed by atoms with Crippen LogP contribution in [0.25, 0.3) is 0 Å². The second-order valence-corrected chi connectivity index (χ2v) is 5.27. The van der Waals surface area contributed by atoms with Crippen molar-refractivity contribution >= 4 is 15.9 Å². The number of nitrogens with zero attached hydrogens (tertiary/aromatic N) is 2. The Kier molecular flexibility index (Phi) is 5.16. The Morgan fingerprint density at radius 2 is 2.12 bits per heavy atom. The van der Waals surface area contributed by atoms with Crippen molar-refractivity contribution in [2.24, 2.45) is 0 Å². The molecule has 0 amide bonds. The summed E-state index contributed by atoms with van der Waals surface area (Å²) in [5.74, 6) is 0. The van der Waals surface area contributed by atoms with Gasteiger partial charge in [-0.15, -0.1) is 0 Å². The van der Waals surface area contributed by atoms with Crippen LogP contribution in [0.1, 0.15) is 32.2 Å². The van der Waals surface area contributed by atoms with Crippen molar-refractivity contribution < 1.29 is 9.84 Å². The summed E-state index contributed by atoms with van der Waals surface area (Å²) in [7, 11) is 0. The SMILES string of the molecule is CCOCC(C)(O)Cc1c(Br)c(C)nn1CC. The molecular formula is C12H21BrN2O2. The quantitative estimate of drug-likeness (QED) is 0.877. The summed E-state index contributed by atoms with van der Waals surface area (Å²) in [6.45, 7) is 9.46. The first kappa shape index (κ1) is 14.7. The van der Waals surface area contributed by atoms with Gasteiger partial charge in [-0.3, -0.25) is 4.68 Å². The predicted molar refractivity (Wildman–Crippen MR) is 71.2 cm³/mol. The summed E-state index contributed by atoms with van der Waals surface area (Å²) >= 11 is 3.53. The average Bonchev–Trinajstić information content (AvgIpc) is 2.54. The van der Waals surface area contributed by atoms with Gasteiger partial charge >= 0.3 is 0 Å². The molecule has 1 unspecified atom stereocenters. The molecule has 0 aliphatic rings. The molecule has 1 atom stereocenters. The smallest absolute Gasteiger partial charge is 0.0907 e. The van der Waals surface area contributed by atoms with Crippen LogP contribution in [0.4, 0.5) is 0 Å². The van der Waals surface area contributed by atoms with E-state index in [1.807, 2.05) is 25.5 Å². The van der Waals surface area contributed by atoms with Crippen molar-refractivity contribution in [2.45, 2.75) is 46.3 Å². The van der Waals surface area contributed by atoms with Gasteiger partial charge in [0.15, 0.2) is 0 Å². The minimum absolute atomic E-state index is 0.337. The summed E-state index contributed by atoms with van der Waals surface area (Å²) in [5, 5.41) is 14.7. The Balaban J connectivity index is 2.86. The van der Waals surface area contributed by atoms with Crippen LogP contribution in [0.3, 0.4) is 0 Å². The molecule has 0 aliphatic heterocycles. The lowest BCUT2D eigenvalue weighted by molar-refractivity contribution is -0.0309. The highest BCUT2D eigenvalue weighted by molar-refractivity contribution is 9.10. The molecule has 0 aliphatic carbocycles. The number of aliphatic hydroxyl groups is 1. The van der Waals surface area contributed by atoms with Gasteiger partial charge in [0.25, 0.3) is 0 Å². The molecule has 0 fully saturated rings. The van der Waals surface area contributed by atoms with Crippen molar-refractivity contribution in [1.29, 1.82) is 0 Å². The Hall–Kier alpha value is -0.390. The fourth-order valence-corrected chi connectivity index (χ4v) is 2.20. The summed E-state index contributed by atoms with van der Waals surface area (Å²) in [4.78, 5) is 0. The zero-order chi connectivity index (χ0) is 13.1. The lowest BCUT2D eigenvalue weighted by Gasteiger charge is -2.23. The first-order chi connectivity index (χ1) is 7.91. The number of hydrogen-bond donors (Lipinski definition) is 1. The van der Waals surface area contributed by atoms with Gasteiger partial charge in [-0.1, -0.05) is 0 Å². The van der Waals surface area contributed by atoms with E-state index in [-0.39, 0.29) is 0 Å². The molecular weight excluding hydrogens is 284 g/mol. The molecule has 17 heavy (non-hydrogen) atoms. The third kappa shape index (κ3) is 3.79. The third-order valence-corrected chi connectivity index (χ3v) is 3.65. The average molecular weight is 305 g/mol. The number of aryl methyl sites for hydroxylation is 2. The largest absolute Gasteiger partial charge is 0.387 e. The van der Waals surface area contributed by atoms with Crippen molar-refractivity contribution in [3.8, 4) is 0 Å². The van der Waals surface area contributed by atoms with E-state index in [2.05, 4.69) is 21.0 Å². The van der Waals surface area contributed by atoms with Crippen molar-refractivity contribution in [1.82, 2.24) is 9.78 Å². The Bertz CT molecular complexity index is 375. The van der Waals surface area contributed by atoms with Gasteiger partial charge in [0.2, 0.25) is 0 Å². The van der Waals surface area contributed by atoms with Gasteiger partial charge in [-0.05, 0) is 43.6 Å². The van der Waals surface area contributed by atoms with Crippen LogP contribution in [0, 0.1) is 6.92 Å². The topological polar surface area (TPSA) is 47.3 Å². The van der Waals surface area contributed by atoms with Crippen LogP contribution in [0.2, 0.25) is 0 Å². The summed E-state index contributed by atoms with van der Waals surface area (Å²) in [5.41, 5.74) is 1.11. The highest BCUT2D eigenvalue weighted by Crippen LogP contribution is 2.25. The molecule has 1 aromatic rings. The van der Waals surface area contributed by atoms with Gasteiger partial charge in [0.1, 0.15) is 0 Å². The minimum atomic E-state index is -0.863. The first-order valence-electron chi connectivity index (χ1n) is 5.93. The molecule has 4 nitrogen and oxygen atoms in total. The summed E-state index contributed by atoms with van der Waals surface area (Å²) in [6.07, 6.45) is 0.530. The van der Waals surface area contributed by atoms with Crippen LogP contribution in [0.15, 0.2) is 4.47 Å². The third-order valence-electron chi connectivity index (χ3n) is 2.62. The molecule has 1 aromatic heterocycles. The Morgan fingerprint density at radius 3 is 2.65 bits per heavy atom. The fourth-order valence-electron chi connectivity index (χ4n) is 1.77. The van der Waals surface area contributed by atoms with Crippen molar-refractivity contribution in [3.63, 3.8) is 0 Å². The molecule has 1 rings (SSSR count). The molecule has 0 spiro atoms. The zero-order valence-electron chi connectivity index (χ0n) is 11.0. The molecule has 0 radical (unpaired) electrons. The molecule has 5 heteroatoms. The van der Waals surface area contributed by atoms with Gasteiger partial charge in [0, 0.05) is 19.6 Å². The van der Waals surface area contributed by atoms with E-state index in [9.17, 15) is 5.11 Å². The zero-order valence-corrected chi connectivity index (χ0v) is 12.5. The lowest BCUT2D eigenvalue weighted by atomic mass is 10.0. The number of rotatable bonds is 6. The molecule has 98 valence electrons. The number of aromatic nitrogens is 2. The van der Waals surface area contributed by atoms with Crippen LogP contribution in [-0.4, -0.2) is 33.7 Å². The van der Waals surface area contributed by atoms with Gasteiger partial charge in [0.05, 0.1) is 28.1 Å². The van der Waals surface area contributed by atoms with E-state index in [0.717, 1.165) is 22.4 Å². The second kappa shape index (κ2) is 5.98. The van der Waals surface area contributed by atoms with Gasteiger partial charge in [-0.2, -0.15) is 5.10 Å². The lowest BCUT2D eigenvalue weighted by Crippen LogP contribution is -2.34. The number of halogens is 1. The second-order valence-electron chi connectivity index (χ2n) is 4.47. The van der Waals surface area contributed by atoms with E-state index in [4.69, 9.17) is 4.74 Å². The molecule has 1 N–H and O–H groups in total. The Labute approximate surface area is 111 Å². The van der Waals surface area contributed by atoms with E-state index >= 15 is 0 Å². The van der Waals surface area contributed by atoms with Crippen molar-refractivity contribution in [2.75, 3.05) is 13.2 Å². The van der Waals surface area contributed by atoms with Crippen LogP contribution < -0.4 is 0 Å². The summed E-state index contributed by atoms with van der Waals surface area (Å²) in [6, 6.07) is 0. The molecule has 0 saturated carbocycles.